The molecule has 0 aromatic heterocycles. The highest BCUT2D eigenvalue weighted by atomic mass is 16.6. The van der Waals surface area contributed by atoms with E-state index in [0.29, 0.717) is 11.3 Å². The van der Waals surface area contributed by atoms with Crippen LogP contribution < -0.4 is 10.2 Å². The number of amides is 3. The van der Waals surface area contributed by atoms with Gasteiger partial charge in [-0.2, -0.15) is 0 Å². The minimum Gasteiger partial charge on any atom is -0.444 e. The second-order valence-corrected chi connectivity index (χ2v) is 6.05. The van der Waals surface area contributed by atoms with E-state index in [9.17, 15) is 14.4 Å². The number of nitrogens with one attached hydrogen (secondary N) is 1. The Kier molecular flexibility index (Phi) is 5.05. The summed E-state index contributed by atoms with van der Waals surface area (Å²) in [6.45, 7) is 5.51. The summed E-state index contributed by atoms with van der Waals surface area (Å²) in [5, 5.41) is 2.54. The molecule has 1 aromatic rings. The summed E-state index contributed by atoms with van der Waals surface area (Å²) >= 11 is 0. The molecule has 0 saturated heterocycles. The Balaban J connectivity index is 1.90. The second kappa shape index (κ2) is 7.01. The van der Waals surface area contributed by atoms with Gasteiger partial charge >= 0.3 is 6.09 Å². The van der Waals surface area contributed by atoms with Crippen molar-refractivity contribution in [2.75, 3.05) is 11.4 Å². The highest BCUT2D eigenvalue weighted by Crippen LogP contribution is 2.19. The van der Waals surface area contributed by atoms with E-state index in [0.717, 1.165) is 4.90 Å². The number of anilines is 1. The SMILES string of the molecule is CC(C)(C)OC(=O)NCC#Cc1ccc(N2C(=O)C=CC2=O)cc1. The third-order valence-corrected chi connectivity index (χ3v) is 2.89. The number of alkyl carbamates (subject to hydrolysis) is 1. The molecular formula is C18H18N2O4. The van der Waals surface area contributed by atoms with Gasteiger partial charge in [0.15, 0.2) is 0 Å². The monoisotopic (exact) mass is 326 g/mol. The van der Waals surface area contributed by atoms with Crippen molar-refractivity contribution < 1.29 is 19.1 Å². The zero-order valence-electron chi connectivity index (χ0n) is 13.8. The van der Waals surface area contributed by atoms with Crippen molar-refractivity contribution in [3.63, 3.8) is 0 Å². The van der Waals surface area contributed by atoms with Crippen molar-refractivity contribution in [1.82, 2.24) is 5.32 Å². The molecule has 6 heteroatoms. The number of rotatable bonds is 2. The number of imide groups is 1. The third kappa shape index (κ3) is 4.71. The van der Waals surface area contributed by atoms with Crippen LogP contribution in [0.5, 0.6) is 0 Å². The van der Waals surface area contributed by atoms with Crippen LogP contribution in [0.2, 0.25) is 0 Å². The quantitative estimate of drug-likeness (QED) is 0.666. The van der Waals surface area contributed by atoms with Crippen LogP contribution in [0.25, 0.3) is 0 Å². The fourth-order valence-corrected chi connectivity index (χ4v) is 1.93. The summed E-state index contributed by atoms with van der Waals surface area (Å²) in [7, 11) is 0. The Bertz CT molecular complexity index is 728. The van der Waals surface area contributed by atoms with Gasteiger partial charge in [-0.3, -0.25) is 9.59 Å². The molecule has 3 amide bonds. The molecule has 0 radical (unpaired) electrons. The lowest BCUT2D eigenvalue weighted by atomic mass is 10.2. The van der Waals surface area contributed by atoms with Crippen LogP contribution in [-0.4, -0.2) is 30.1 Å². The third-order valence-electron chi connectivity index (χ3n) is 2.89. The van der Waals surface area contributed by atoms with Crippen molar-refractivity contribution in [3.05, 3.63) is 42.0 Å². The largest absolute Gasteiger partial charge is 0.444 e. The molecular weight excluding hydrogens is 308 g/mol. The maximum Gasteiger partial charge on any atom is 0.408 e. The van der Waals surface area contributed by atoms with Gasteiger partial charge in [-0.15, -0.1) is 0 Å². The smallest absolute Gasteiger partial charge is 0.408 e. The Morgan fingerprint density at radius 1 is 1.12 bits per heavy atom. The van der Waals surface area contributed by atoms with Gasteiger partial charge in [0.2, 0.25) is 0 Å². The summed E-state index contributed by atoms with van der Waals surface area (Å²) in [4.78, 5) is 35.7. The first-order valence-electron chi connectivity index (χ1n) is 7.38. The molecule has 2 rings (SSSR count). The van der Waals surface area contributed by atoms with E-state index in [1.807, 2.05) is 0 Å². The van der Waals surface area contributed by atoms with Crippen molar-refractivity contribution in [2.24, 2.45) is 0 Å². The Hall–Kier alpha value is -3.07. The molecule has 1 aliphatic heterocycles. The fraction of sp³-hybridized carbons (Fsp3) is 0.278. The molecule has 0 spiro atoms. The molecule has 1 aliphatic rings. The number of benzene rings is 1. The summed E-state index contributed by atoms with van der Waals surface area (Å²) in [5.41, 5.74) is 0.649. The molecule has 0 saturated carbocycles. The number of ether oxygens (including phenoxy) is 1. The molecule has 1 aromatic carbocycles. The molecule has 0 unspecified atom stereocenters. The van der Waals surface area contributed by atoms with E-state index < -0.39 is 11.7 Å². The second-order valence-electron chi connectivity index (χ2n) is 6.05. The standard InChI is InChI=1S/C18H18N2O4/c1-18(2,3)24-17(23)19-12-4-5-13-6-8-14(9-7-13)20-15(21)10-11-16(20)22/h6-11H,12H2,1-3H3,(H,19,23). The van der Waals surface area contributed by atoms with Gasteiger partial charge in [-0.25, -0.2) is 9.69 Å². The average molecular weight is 326 g/mol. The summed E-state index contributed by atoms with van der Waals surface area (Å²) in [5.74, 6) is 4.96. The molecule has 0 fully saturated rings. The maximum atomic E-state index is 11.6. The number of hydrogen-bond donors (Lipinski definition) is 1. The molecule has 0 bridgehead atoms. The van der Waals surface area contributed by atoms with E-state index in [4.69, 9.17) is 4.74 Å². The van der Waals surface area contributed by atoms with Gasteiger partial charge < -0.3 is 10.1 Å². The fourth-order valence-electron chi connectivity index (χ4n) is 1.93. The van der Waals surface area contributed by atoms with Crippen LogP contribution in [0.3, 0.4) is 0 Å². The van der Waals surface area contributed by atoms with E-state index in [-0.39, 0.29) is 18.4 Å². The summed E-state index contributed by atoms with van der Waals surface area (Å²) in [6, 6.07) is 6.70. The lowest BCUT2D eigenvalue weighted by Gasteiger charge is -2.19. The number of nitrogens with zero attached hydrogens (tertiary/aromatic N) is 1. The van der Waals surface area contributed by atoms with E-state index in [2.05, 4.69) is 17.2 Å². The number of carbonyl (C=O) groups is 3. The lowest BCUT2D eigenvalue weighted by Crippen LogP contribution is -2.32. The van der Waals surface area contributed by atoms with Crippen LogP contribution in [0.15, 0.2) is 36.4 Å². The van der Waals surface area contributed by atoms with E-state index in [1.54, 1.807) is 45.0 Å². The van der Waals surface area contributed by atoms with Crippen LogP contribution >= 0.6 is 0 Å². The zero-order valence-corrected chi connectivity index (χ0v) is 13.8. The van der Waals surface area contributed by atoms with Gasteiger partial charge in [-0.05, 0) is 45.0 Å². The highest BCUT2D eigenvalue weighted by molar-refractivity contribution is 6.28. The lowest BCUT2D eigenvalue weighted by molar-refractivity contribution is -0.119. The average Bonchev–Trinajstić information content (AvgIpc) is 2.82. The van der Waals surface area contributed by atoms with Crippen LogP contribution in [0, 0.1) is 11.8 Å². The molecule has 0 aliphatic carbocycles. The molecule has 24 heavy (non-hydrogen) atoms. The van der Waals surface area contributed by atoms with Crippen LogP contribution in [0.4, 0.5) is 10.5 Å². The molecule has 0 atom stereocenters. The van der Waals surface area contributed by atoms with E-state index in [1.165, 1.54) is 12.2 Å². The molecule has 124 valence electrons. The minimum atomic E-state index is -0.549. The number of hydrogen-bond acceptors (Lipinski definition) is 4. The van der Waals surface area contributed by atoms with Gasteiger partial charge in [0.25, 0.3) is 11.8 Å². The number of carbonyl (C=O) groups excluding carboxylic acids is 3. The normalized spacial score (nSPS) is 13.5. The van der Waals surface area contributed by atoms with Crippen molar-refractivity contribution in [2.45, 2.75) is 26.4 Å². The highest BCUT2D eigenvalue weighted by Gasteiger charge is 2.24. The molecule has 6 nitrogen and oxygen atoms in total. The van der Waals surface area contributed by atoms with Gasteiger partial charge in [0, 0.05) is 17.7 Å². The predicted octanol–water partition coefficient (Wildman–Crippen LogP) is 1.99. The summed E-state index contributed by atoms with van der Waals surface area (Å²) < 4.78 is 5.09. The van der Waals surface area contributed by atoms with E-state index >= 15 is 0 Å². The zero-order chi connectivity index (χ0) is 17.7. The maximum absolute atomic E-state index is 11.6. The predicted molar refractivity (Wildman–Crippen MR) is 89.2 cm³/mol. The van der Waals surface area contributed by atoms with Crippen molar-refractivity contribution in [3.8, 4) is 11.8 Å². The topological polar surface area (TPSA) is 75.7 Å². The Morgan fingerprint density at radius 3 is 2.25 bits per heavy atom. The molecule has 1 heterocycles. The Labute approximate surface area is 140 Å². The minimum absolute atomic E-state index is 0.156. The van der Waals surface area contributed by atoms with Gasteiger partial charge in [0.1, 0.15) is 5.60 Å². The van der Waals surface area contributed by atoms with Crippen molar-refractivity contribution in [1.29, 1.82) is 0 Å². The van der Waals surface area contributed by atoms with Crippen LogP contribution in [0.1, 0.15) is 26.3 Å². The first kappa shape index (κ1) is 17.3. The van der Waals surface area contributed by atoms with Crippen LogP contribution in [-0.2, 0) is 14.3 Å². The first-order valence-corrected chi connectivity index (χ1v) is 7.38. The van der Waals surface area contributed by atoms with Gasteiger partial charge in [-0.1, -0.05) is 11.8 Å². The van der Waals surface area contributed by atoms with Crippen molar-refractivity contribution >= 4 is 23.6 Å². The summed E-state index contributed by atoms with van der Waals surface area (Å²) in [6.07, 6.45) is 1.95. The molecule has 1 N–H and O–H groups in total. The first-order chi connectivity index (χ1) is 11.3. The van der Waals surface area contributed by atoms with Gasteiger partial charge in [0.05, 0.1) is 12.2 Å². The Morgan fingerprint density at radius 2 is 1.71 bits per heavy atom.